The van der Waals surface area contributed by atoms with Crippen molar-refractivity contribution in [1.29, 1.82) is 0 Å². The molecule has 0 spiro atoms. The summed E-state index contributed by atoms with van der Waals surface area (Å²) in [6.07, 6.45) is 0. The highest BCUT2D eigenvalue weighted by molar-refractivity contribution is 5.87. The van der Waals surface area contributed by atoms with Gasteiger partial charge in [-0.05, 0) is 37.8 Å². The Bertz CT molecular complexity index is 529. The van der Waals surface area contributed by atoms with Crippen LogP contribution < -0.4 is 5.73 Å². The maximum atomic E-state index is 12.4. The van der Waals surface area contributed by atoms with Crippen molar-refractivity contribution in [3.8, 4) is 0 Å². The second kappa shape index (κ2) is 6.92. The number of benzene rings is 1. The van der Waals surface area contributed by atoms with Crippen LogP contribution in [0.5, 0.6) is 0 Å². The summed E-state index contributed by atoms with van der Waals surface area (Å²) in [7, 11) is 0. The number of hydrogen-bond acceptors (Lipinski definition) is 4. The predicted molar refractivity (Wildman–Crippen MR) is 84.7 cm³/mol. The lowest BCUT2D eigenvalue weighted by atomic mass is 9.90. The molecule has 3 N–H and O–H groups in total. The molecule has 122 valence electrons. The molecule has 0 unspecified atom stereocenters. The molecule has 1 aromatic rings. The van der Waals surface area contributed by atoms with E-state index in [1.54, 1.807) is 32.9 Å². The van der Waals surface area contributed by atoms with Crippen LogP contribution in [0, 0.1) is 0 Å². The Morgan fingerprint density at radius 3 is 1.91 bits per heavy atom. The highest BCUT2D eigenvalue weighted by atomic mass is 16.6. The Morgan fingerprint density at radius 2 is 1.55 bits per heavy atom. The summed E-state index contributed by atoms with van der Waals surface area (Å²) in [6, 6.07) is 5.90. The normalized spacial score (nSPS) is 14.5. The molecule has 0 radical (unpaired) electrons. The van der Waals surface area contributed by atoms with E-state index in [0.29, 0.717) is 11.5 Å². The van der Waals surface area contributed by atoms with Gasteiger partial charge >= 0.3 is 11.9 Å². The van der Waals surface area contributed by atoms with Gasteiger partial charge in [0.05, 0.1) is 0 Å². The quantitative estimate of drug-likeness (QED) is 0.816. The lowest BCUT2D eigenvalue weighted by Gasteiger charge is -2.26. The summed E-state index contributed by atoms with van der Waals surface area (Å²) >= 11 is 0. The number of ether oxygens (including phenoxy) is 1. The third kappa shape index (κ3) is 4.84. The lowest BCUT2D eigenvalue weighted by molar-refractivity contribution is -0.160. The Morgan fingerprint density at radius 1 is 1.09 bits per heavy atom. The molecule has 0 aliphatic rings. The van der Waals surface area contributed by atoms with Gasteiger partial charge in [-0.25, -0.2) is 0 Å². The van der Waals surface area contributed by atoms with Crippen molar-refractivity contribution < 1.29 is 19.4 Å². The number of nitrogens with two attached hydrogens (primary N) is 1. The monoisotopic (exact) mass is 307 g/mol. The molecule has 2 atom stereocenters. The van der Waals surface area contributed by atoms with Crippen molar-refractivity contribution in [3.05, 3.63) is 35.4 Å². The number of aliphatic carboxylic acids is 1. The Balaban J connectivity index is 3.15. The van der Waals surface area contributed by atoms with E-state index in [1.807, 2.05) is 12.1 Å². The zero-order valence-corrected chi connectivity index (χ0v) is 13.8. The van der Waals surface area contributed by atoms with Crippen LogP contribution in [0.1, 0.15) is 57.6 Å². The zero-order chi connectivity index (χ0) is 17.1. The molecule has 22 heavy (non-hydrogen) atoms. The molecule has 0 saturated heterocycles. The standard InChI is InChI=1S/C17H25NO4/c1-10(2)11-6-8-12(9-7-11)13(14(18)15(19)20)16(21)22-17(3,4)5/h6-10,13-14H,18H2,1-5H3,(H,19,20)/t13-,14-/m0/s1. The van der Waals surface area contributed by atoms with Gasteiger partial charge in [-0.15, -0.1) is 0 Å². The van der Waals surface area contributed by atoms with Crippen LogP contribution in [-0.4, -0.2) is 28.7 Å². The summed E-state index contributed by atoms with van der Waals surface area (Å²) in [4.78, 5) is 23.6. The second-order valence-corrected chi connectivity index (χ2v) is 6.70. The molecule has 1 aromatic carbocycles. The van der Waals surface area contributed by atoms with E-state index in [-0.39, 0.29) is 0 Å². The molecule has 0 aliphatic heterocycles. The molecule has 5 heteroatoms. The fraction of sp³-hybridized carbons (Fsp3) is 0.529. The van der Waals surface area contributed by atoms with Crippen LogP contribution in [0.15, 0.2) is 24.3 Å². The summed E-state index contributed by atoms with van der Waals surface area (Å²) in [6.45, 7) is 9.31. The molecule has 0 fully saturated rings. The molecule has 0 heterocycles. The van der Waals surface area contributed by atoms with E-state index in [2.05, 4.69) is 13.8 Å². The van der Waals surface area contributed by atoms with Crippen molar-refractivity contribution in [2.45, 2.75) is 58.1 Å². The third-order valence-electron chi connectivity index (χ3n) is 3.27. The highest BCUT2D eigenvalue weighted by Gasteiger charge is 2.35. The molecular weight excluding hydrogens is 282 g/mol. The van der Waals surface area contributed by atoms with Crippen molar-refractivity contribution >= 4 is 11.9 Å². The lowest BCUT2D eigenvalue weighted by Crippen LogP contribution is -2.42. The first-order valence-electron chi connectivity index (χ1n) is 7.34. The fourth-order valence-electron chi connectivity index (χ4n) is 2.09. The minimum Gasteiger partial charge on any atom is -0.480 e. The van der Waals surface area contributed by atoms with Crippen molar-refractivity contribution in [1.82, 2.24) is 0 Å². The summed E-state index contributed by atoms with van der Waals surface area (Å²) in [5.41, 5.74) is 6.66. The minimum atomic E-state index is -1.35. The van der Waals surface area contributed by atoms with E-state index in [0.717, 1.165) is 5.56 Å². The number of carbonyl (C=O) groups is 2. The van der Waals surface area contributed by atoms with Crippen LogP contribution in [0.4, 0.5) is 0 Å². The van der Waals surface area contributed by atoms with Crippen LogP contribution >= 0.6 is 0 Å². The number of hydrogen-bond donors (Lipinski definition) is 2. The largest absolute Gasteiger partial charge is 0.480 e. The van der Waals surface area contributed by atoms with Gasteiger partial charge in [0.15, 0.2) is 0 Å². The molecule has 0 amide bonds. The van der Waals surface area contributed by atoms with Crippen molar-refractivity contribution in [2.75, 3.05) is 0 Å². The van der Waals surface area contributed by atoms with E-state index in [1.165, 1.54) is 0 Å². The highest BCUT2D eigenvalue weighted by Crippen LogP contribution is 2.25. The van der Waals surface area contributed by atoms with Gasteiger partial charge < -0.3 is 15.6 Å². The van der Waals surface area contributed by atoms with Gasteiger partial charge in [-0.3, -0.25) is 9.59 Å². The predicted octanol–water partition coefficient (Wildman–Crippen LogP) is 2.65. The van der Waals surface area contributed by atoms with E-state index in [9.17, 15) is 14.7 Å². The maximum Gasteiger partial charge on any atom is 0.321 e. The number of carboxylic acid groups (broad SMARTS) is 1. The van der Waals surface area contributed by atoms with Gasteiger partial charge in [0.2, 0.25) is 0 Å². The Hall–Kier alpha value is -1.88. The van der Waals surface area contributed by atoms with Gasteiger partial charge in [0, 0.05) is 0 Å². The van der Waals surface area contributed by atoms with E-state index < -0.39 is 29.5 Å². The zero-order valence-electron chi connectivity index (χ0n) is 13.8. The number of rotatable bonds is 5. The first-order chi connectivity index (χ1) is 10.0. The SMILES string of the molecule is CC(C)c1ccc([C@H](C(=O)OC(C)(C)C)[C@H](N)C(=O)O)cc1. The van der Waals surface area contributed by atoms with Gasteiger partial charge in [0.25, 0.3) is 0 Å². The van der Waals surface area contributed by atoms with Crippen LogP contribution in [0.3, 0.4) is 0 Å². The summed E-state index contributed by atoms with van der Waals surface area (Å²) < 4.78 is 5.32. The maximum absolute atomic E-state index is 12.4. The van der Waals surface area contributed by atoms with Crippen LogP contribution in [0.2, 0.25) is 0 Å². The molecular formula is C17H25NO4. The summed E-state index contributed by atoms with van der Waals surface area (Å²) in [5, 5.41) is 9.17. The Kier molecular flexibility index (Phi) is 5.72. The first-order valence-corrected chi connectivity index (χ1v) is 7.34. The van der Waals surface area contributed by atoms with Crippen LogP contribution in [-0.2, 0) is 14.3 Å². The third-order valence-corrected chi connectivity index (χ3v) is 3.27. The minimum absolute atomic E-state index is 0.349. The summed E-state index contributed by atoms with van der Waals surface area (Å²) in [5.74, 6) is -2.54. The molecule has 0 aromatic heterocycles. The first kappa shape index (κ1) is 18.2. The molecule has 0 aliphatic carbocycles. The molecule has 0 saturated carbocycles. The van der Waals surface area contributed by atoms with Crippen LogP contribution in [0.25, 0.3) is 0 Å². The number of carboxylic acids is 1. The smallest absolute Gasteiger partial charge is 0.321 e. The van der Waals surface area contributed by atoms with Crippen molar-refractivity contribution in [3.63, 3.8) is 0 Å². The number of carbonyl (C=O) groups excluding carboxylic acids is 1. The average Bonchev–Trinajstić information content (AvgIpc) is 2.37. The topological polar surface area (TPSA) is 89.6 Å². The average molecular weight is 307 g/mol. The second-order valence-electron chi connectivity index (χ2n) is 6.70. The molecule has 1 rings (SSSR count). The van der Waals surface area contributed by atoms with E-state index in [4.69, 9.17) is 10.5 Å². The van der Waals surface area contributed by atoms with Gasteiger partial charge in [-0.1, -0.05) is 38.1 Å². The van der Waals surface area contributed by atoms with E-state index >= 15 is 0 Å². The molecule has 0 bridgehead atoms. The van der Waals surface area contributed by atoms with Crippen molar-refractivity contribution in [2.24, 2.45) is 5.73 Å². The number of esters is 1. The van der Waals surface area contributed by atoms with Gasteiger partial charge in [-0.2, -0.15) is 0 Å². The molecule has 5 nitrogen and oxygen atoms in total. The van der Waals surface area contributed by atoms with Gasteiger partial charge in [0.1, 0.15) is 17.6 Å². The fourth-order valence-corrected chi connectivity index (χ4v) is 2.09. The Labute approximate surface area is 131 Å².